The van der Waals surface area contributed by atoms with E-state index in [0.29, 0.717) is 12.6 Å². The molecule has 1 aromatic heterocycles. The number of fused-ring (bicyclic) bond motifs is 1. The second-order valence-electron chi connectivity index (χ2n) is 6.27. The van der Waals surface area contributed by atoms with Gasteiger partial charge in [-0.1, -0.05) is 12.1 Å². The van der Waals surface area contributed by atoms with Gasteiger partial charge in [-0.05, 0) is 45.9 Å². The molecule has 1 aliphatic heterocycles. The van der Waals surface area contributed by atoms with Gasteiger partial charge in [0.25, 0.3) is 0 Å². The summed E-state index contributed by atoms with van der Waals surface area (Å²) in [5, 5.41) is 1.08. The van der Waals surface area contributed by atoms with Crippen molar-refractivity contribution in [2.24, 2.45) is 0 Å². The first-order valence-electron chi connectivity index (χ1n) is 7.91. The van der Waals surface area contributed by atoms with Crippen LogP contribution in [0.25, 0.3) is 10.2 Å². The molecule has 1 saturated heterocycles. The fourth-order valence-electron chi connectivity index (χ4n) is 2.84. The Kier molecular flexibility index (Phi) is 4.45. The zero-order chi connectivity index (χ0) is 15.7. The summed E-state index contributed by atoms with van der Waals surface area (Å²) in [7, 11) is 2.01. The van der Waals surface area contributed by atoms with Gasteiger partial charge in [0, 0.05) is 12.6 Å². The maximum Gasteiger partial charge on any atom is 0.237 e. The van der Waals surface area contributed by atoms with Crippen molar-refractivity contribution < 1.29 is 4.79 Å². The molecular formula is C17H23N3OS. The molecule has 5 heteroatoms. The van der Waals surface area contributed by atoms with E-state index < -0.39 is 0 Å². The molecule has 4 nitrogen and oxygen atoms in total. The van der Waals surface area contributed by atoms with Crippen LogP contribution in [0.4, 0.5) is 0 Å². The van der Waals surface area contributed by atoms with Gasteiger partial charge in [-0.25, -0.2) is 4.98 Å². The number of carbonyl (C=O) groups is 1. The Morgan fingerprint density at radius 1 is 1.45 bits per heavy atom. The van der Waals surface area contributed by atoms with Crippen LogP contribution >= 0.6 is 11.3 Å². The lowest BCUT2D eigenvalue weighted by molar-refractivity contribution is -0.133. The summed E-state index contributed by atoms with van der Waals surface area (Å²) in [5.41, 5.74) is 1.04. The third-order valence-electron chi connectivity index (χ3n) is 4.43. The van der Waals surface area contributed by atoms with Crippen LogP contribution in [0.5, 0.6) is 0 Å². The molecule has 2 aromatic rings. The molecule has 22 heavy (non-hydrogen) atoms. The van der Waals surface area contributed by atoms with Crippen LogP contribution in [0.3, 0.4) is 0 Å². The first-order chi connectivity index (χ1) is 10.6. The van der Waals surface area contributed by atoms with Crippen LogP contribution in [0.2, 0.25) is 0 Å². The number of aromatic nitrogens is 1. The zero-order valence-electron chi connectivity index (χ0n) is 13.5. The topological polar surface area (TPSA) is 36.4 Å². The number of hydrogen-bond acceptors (Lipinski definition) is 4. The molecule has 1 fully saturated rings. The largest absolute Gasteiger partial charge is 0.332 e. The highest BCUT2D eigenvalue weighted by molar-refractivity contribution is 7.18. The quantitative estimate of drug-likeness (QED) is 0.868. The minimum Gasteiger partial charge on any atom is -0.332 e. The second-order valence-corrected chi connectivity index (χ2v) is 7.34. The van der Waals surface area contributed by atoms with E-state index in [4.69, 9.17) is 4.98 Å². The van der Waals surface area contributed by atoms with Gasteiger partial charge in [0.1, 0.15) is 5.01 Å². The number of likely N-dealkylation sites (tertiary alicyclic amines) is 1. The molecule has 1 amide bonds. The number of hydrogen-bond donors (Lipinski definition) is 0. The minimum absolute atomic E-state index is 0.158. The van der Waals surface area contributed by atoms with Gasteiger partial charge in [-0.3, -0.25) is 9.69 Å². The minimum atomic E-state index is 0.158. The fourth-order valence-corrected chi connectivity index (χ4v) is 3.96. The van der Waals surface area contributed by atoms with Crippen molar-refractivity contribution in [2.75, 3.05) is 20.1 Å². The molecule has 0 spiro atoms. The predicted molar refractivity (Wildman–Crippen MR) is 91.1 cm³/mol. The maximum absolute atomic E-state index is 12.6. The zero-order valence-corrected chi connectivity index (χ0v) is 14.3. The van der Waals surface area contributed by atoms with E-state index in [1.165, 1.54) is 4.70 Å². The highest BCUT2D eigenvalue weighted by Gasteiger charge is 2.32. The Morgan fingerprint density at radius 3 is 2.95 bits per heavy atom. The van der Waals surface area contributed by atoms with Crippen LogP contribution in [-0.4, -0.2) is 46.9 Å². The van der Waals surface area contributed by atoms with E-state index in [1.54, 1.807) is 11.3 Å². The number of nitrogens with zero attached hydrogens (tertiary/aromatic N) is 3. The van der Waals surface area contributed by atoms with E-state index in [9.17, 15) is 4.79 Å². The summed E-state index contributed by atoms with van der Waals surface area (Å²) >= 11 is 1.72. The number of likely N-dealkylation sites (N-methyl/N-ethyl adjacent to an activating group) is 1. The van der Waals surface area contributed by atoms with E-state index in [0.717, 1.165) is 29.9 Å². The van der Waals surface area contributed by atoms with Crippen molar-refractivity contribution in [1.29, 1.82) is 0 Å². The number of benzene rings is 1. The number of rotatable bonds is 4. The average Bonchev–Trinajstić information content (AvgIpc) is 3.13. The Labute approximate surface area is 135 Å². The van der Waals surface area contributed by atoms with E-state index in [2.05, 4.69) is 24.8 Å². The van der Waals surface area contributed by atoms with Crippen LogP contribution in [0.15, 0.2) is 24.3 Å². The van der Waals surface area contributed by atoms with Crippen molar-refractivity contribution in [2.45, 2.75) is 38.8 Å². The Bertz CT molecular complexity index is 634. The van der Waals surface area contributed by atoms with Crippen molar-refractivity contribution in [3.63, 3.8) is 0 Å². The smallest absolute Gasteiger partial charge is 0.237 e. The SMILES string of the molecule is CC(C)N(C)CC(=O)N1CCC[C@H]1c1nc2ccccc2s1. The Morgan fingerprint density at radius 2 is 2.23 bits per heavy atom. The van der Waals surface area contributed by atoms with Crippen molar-refractivity contribution in [1.82, 2.24) is 14.8 Å². The lowest BCUT2D eigenvalue weighted by atomic mass is 10.2. The first-order valence-corrected chi connectivity index (χ1v) is 8.73. The molecule has 0 radical (unpaired) electrons. The van der Waals surface area contributed by atoms with Gasteiger partial charge in [-0.2, -0.15) is 0 Å². The summed E-state index contributed by atoms with van der Waals surface area (Å²) < 4.78 is 1.20. The average molecular weight is 317 g/mol. The number of thiazole rings is 1. The molecule has 1 aromatic carbocycles. The van der Waals surface area contributed by atoms with Crippen LogP contribution < -0.4 is 0 Å². The van der Waals surface area contributed by atoms with Crippen LogP contribution in [-0.2, 0) is 4.79 Å². The highest BCUT2D eigenvalue weighted by atomic mass is 32.1. The van der Waals surface area contributed by atoms with E-state index in [1.807, 2.05) is 30.1 Å². The van der Waals surface area contributed by atoms with Gasteiger partial charge in [0.2, 0.25) is 5.91 Å². The lowest BCUT2D eigenvalue weighted by Crippen LogP contribution is -2.40. The van der Waals surface area contributed by atoms with E-state index >= 15 is 0 Å². The summed E-state index contributed by atoms with van der Waals surface area (Å²) in [5.74, 6) is 0.220. The monoisotopic (exact) mass is 317 g/mol. The van der Waals surface area contributed by atoms with Gasteiger partial charge in [0.05, 0.1) is 22.8 Å². The molecule has 1 atom stereocenters. The van der Waals surface area contributed by atoms with Gasteiger partial charge in [-0.15, -0.1) is 11.3 Å². The highest BCUT2D eigenvalue weighted by Crippen LogP contribution is 2.36. The van der Waals surface area contributed by atoms with Crippen LogP contribution in [0.1, 0.15) is 37.7 Å². The van der Waals surface area contributed by atoms with Crippen LogP contribution in [0, 0.1) is 0 Å². The lowest BCUT2D eigenvalue weighted by Gasteiger charge is -2.27. The molecule has 0 N–H and O–H groups in total. The van der Waals surface area contributed by atoms with Gasteiger partial charge in [0.15, 0.2) is 0 Å². The third-order valence-corrected chi connectivity index (χ3v) is 5.57. The second kappa shape index (κ2) is 6.34. The van der Waals surface area contributed by atoms with Crippen molar-refractivity contribution in [3.8, 4) is 0 Å². The number of carbonyl (C=O) groups excluding carboxylic acids is 1. The summed E-state index contributed by atoms with van der Waals surface area (Å²) in [6, 6.07) is 8.74. The van der Waals surface area contributed by atoms with Crippen molar-refractivity contribution in [3.05, 3.63) is 29.3 Å². The Balaban J connectivity index is 1.79. The standard InChI is InChI=1S/C17H23N3OS/c1-12(2)19(3)11-16(21)20-10-6-8-14(20)17-18-13-7-4-5-9-15(13)22-17/h4-5,7,9,12,14H,6,8,10-11H2,1-3H3/t14-/m0/s1. The predicted octanol–water partition coefficient (Wildman–Crippen LogP) is 3.30. The molecule has 0 unspecified atom stereocenters. The molecule has 0 aliphatic carbocycles. The summed E-state index contributed by atoms with van der Waals surface area (Å²) in [6.45, 7) is 5.56. The molecule has 0 bridgehead atoms. The first kappa shape index (κ1) is 15.4. The molecular weight excluding hydrogens is 294 g/mol. The molecule has 3 rings (SSSR count). The number of para-hydroxylation sites is 1. The van der Waals surface area contributed by atoms with Crippen molar-refractivity contribution >= 4 is 27.5 Å². The normalized spacial score (nSPS) is 18.8. The van der Waals surface area contributed by atoms with Gasteiger partial charge < -0.3 is 4.90 Å². The van der Waals surface area contributed by atoms with Gasteiger partial charge >= 0.3 is 0 Å². The summed E-state index contributed by atoms with van der Waals surface area (Å²) in [4.78, 5) is 21.5. The number of amides is 1. The fraction of sp³-hybridized carbons (Fsp3) is 0.529. The molecule has 1 aliphatic rings. The molecule has 118 valence electrons. The third kappa shape index (κ3) is 3.01. The van der Waals surface area contributed by atoms with E-state index in [-0.39, 0.29) is 11.9 Å². The molecule has 2 heterocycles. The summed E-state index contributed by atoms with van der Waals surface area (Å²) in [6.07, 6.45) is 2.09. The molecule has 0 saturated carbocycles. The Hall–Kier alpha value is -1.46. The maximum atomic E-state index is 12.6.